The number of carboxylic acid groups (broad SMARTS) is 1. The highest BCUT2D eigenvalue weighted by Gasteiger charge is 2.34. The minimum atomic E-state index is -0.928. The van der Waals surface area contributed by atoms with Crippen LogP contribution in [0.3, 0.4) is 0 Å². The molecule has 0 radical (unpaired) electrons. The number of carbonyl (C=O) groups is 2. The van der Waals surface area contributed by atoms with Gasteiger partial charge in [-0.05, 0) is 26.7 Å². The van der Waals surface area contributed by atoms with E-state index < -0.39 is 16.8 Å². The largest absolute Gasteiger partial charge is 0.481 e. The third kappa shape index (κ3) is 3.90. The summed E-state index contributed by atoms with van der Waals surface area (Å²) in [6.45, 7) is 5.18. The molecule has 0 saturated heterocycles. The van der Waals surface area contributed by atoms with Crippen molar-refractivity contribution in [3.63, 3.8) is 0 Å². The summed E-state index contributed by atoms with van der Waals surface area (Å²) in [5, 5.41) is 24.2. The molecule has 1 heterocycles. The lowest BCUT2D eigenvalue weighted by Crippen LogP contribution is -2.39. The molecule has 2 rings (SSSR count). The van der Waals surface area contributed by atoms with Crippen LogP contribution in [0.15, 0.2) is 0 Å². The Morgan fingerprint density at radius 1 is 1.46 bits per heavy atom. The number of nitrogens with zero attached hydrogens (tertiary/aromatic N) is 4. The monoisotopic (exact) mass is 338 g/mol. The van der Waals surface area contributed by atoms with Crippen molar-refractivity contribution in [2.45, 2.75) is 52.6 Å². The number of carboxylic acids is 1. The summed E-state index contributed by atoms with van der Waals surface area (Å²) in [5.74, 6) is -1.69. The smallest absolute Gasteiger partial charge is 0.312 e. The topological polar surface area (TPSA) is 119 Å². The first-order valence-corrected chi connectivity index (χ1v) is 7.93. The zero-order valence-electron chi connectivity index (χ0n) is 14.1. The maximum Gasteiger partial charge on any atom is 0.312 e. The first-order valence-electron chi connectivity index (χ1n) is 7.93. The van der Waals surface area contributed by atoms with Gasteiger partial charge in [0.25, 0.3) is 0 Å². The maximum atomic E-state index is 12.5. The van der Waals surface area contributed by atoms with Gasteiger partial charge in [-0.15, -0.1) is 0 Å². The van der Waals surface area contributed by atoms with Crippen LogP contribution < -0.4 is 0 Å². The molecule has 1 atom stereocenters. The van der Waals surface area contributed by atoms with E-state index in [0.717, 1.165) is 12.8 Å². The van der Waals surface area contributed by atoms with E-state index in [0.29, 0.717) is 11.4 Å². The second-order valence-corrected chi connectivity index (χ2v) is 6.27. The molecule has 1 aromatic heterocycles. The normalized spacial score (nSPS) is 15.1. The van der Waals surface area contributed by atoms with Crippen LogP contribution >= 0.6 is 0 Å². The van der Waals surface area contributed by atoms with Crippen molar-refractivity contribution in [3.8, 4) is 0 Å². The fourth-order valence-corrected chi connectivity index (χ4v) is 2.73. The standard InChI is InChI=1S/C15H22N4O5/c1-9(15(21)22)8-17(12-4-5-12)13(20)6-7-18-11(3)14(19(23)24)10(2)16-18/h9,12H,4-8H2,1-3H3,(H,21,22). The third-order valence-corrected chi connectivity index (χ3v) is 4.26. The van der Waals surface area contributed by atoms with Gasteiger partial charge in [-0.25, -0.2) is 0 Å². The van der Waals surface area contributed by atoms with Gasteiger partial charge in [-0.2, -0.15) is 5.10 Å². The quantitative estimate of drug-likeness (QED) is 0.567. The summed E-state index contributed by atoms with van der Waals surface area (Å²) in [6, 6.07) is 0.120. The molecular formula is C15H22N4O5. The molecule has 1 aromatic rings. The highest BCUT2D eigenvalue weighted by molar-refractivity contribution is 5.78. The number of nitro groups is 1. The van der Waals surface area contributed by atoms with Crippen LogP contribution in [-0.2, 0) is 16.1 Å². The molecule has 1 saturated carbocycles. The lowest BCUT2D eigenvalue weighted by molar-refractivity contribution is -0.386. The Morgan fingerprint density at radius 2 is 2.08 bits per heavy atom. The van der Waals surface area contributed by atoms with Gasteiger partial charge in [-0.1, -0.05) is 6.92 Å². The van der Waals surface area contributed by atoms with E-state index in [9.17, 15) is 19.7 Å². The van der Waals surface area contributed by atoms with E-state index in [1.54, 1.807) is 25.7 Å². The highest BCUT2D eigenvalue weighted by atomic mass is 16.6. The number of rotatable bonds is 8. The van der Waals surface area contributed by atoms with Crippen molar-refractivity contribution in [1.29, 1.82) is 0 Å². The summed E-state index contributed by atoms with van der Waals surface area (Å²) in [4.78, 5) is 35.6. The first-order chi connectivity index (χ1) is 11.2. The van der Waals surface area contributed by atoms with Crippen LogP contribution in [-0.4, -0.2) is 49.2 Å². The minimum absolute atomic E-state index is 0.0269. The summed E-state index contributed by atoms with van der Waals surface area (Å²) in [6.07, 6.45) is 1.93. The van der Waals surface area contributed by atoms with Crippen molar-refractivity contribution in [2.24, 2.45) is 5.92 Å². The molecule has 1 fully saturated rings. The van der Waals surface area contributed by atoms with Crippen LogP contribution in [0.25, 0.3) is 0 Å². The Labute approximate surface area is 139 Å². The van der Waals surface area contributed by atoms with E-state index in [-0.39, 0.29) is 37.1 Å². The lowest BCUT2D eigenvalue weighted by Gasteiger charge is -2.24. The van der Waals surface area contributed by atoms with Gasteiger partial charge in [0.15, 0.2) is 0 Å². The highest BCUT2D eigenvalue weighted by Crippen LogP contribution is 2.28. The molecule has 1 N–H and O–H groups in total. The van der Waals surface area contributed by atoms with Gasteiger partial charge in [0, 0.05) is 19.0 Å². The van der Waals surface area contributed by atoms with Gasteiger partial charge < -0.3 is 10.0 Å². The van der Waals surface area contributed by atoms with Gasteiger partial charge in [0.1, 0.15) is 11.4 Å². The summed E-state index contributed by atoms with van der Waals surface area (Å²) in [5.41, 5.74) is 0.715. The number of aliphatic carboxylic acids is 1. The van der Waals surface area contributed by atoms with Crippen molar-refractivity contribution in [2.75, 3.05) is 6.54 Å². The van der Waals surface area contributed by atoms with Crippen LogP contribution in [0.4, 0.5) is 5.69 Å². The van der Waals surface area contributed by atoms with Crippen molar-refractivity contribution >= 4 is 17.6 Å². The number of amides is 1. The van der Waals surface area contributed by atoms with E-state index >= 15 is 0 Å². The molecule has 0 aliphatic heterocycles. The van der Waals surface area contributed by atoms with Gasteiger partial charge in [0.05, 0.1) is 17.4 Å². The number of hydrogen-bond acceptors (Lipinski definition) is 5. The SMILES string of the molecule is Cc1nn(CCC(=O)N(CC(C)C(=O)O)C2CC2)c(C)c1[N+](=O)[O-]. The lowest BCUT2D eigenvalue weighted by atomic mass is 10.1. The minimum Gasteiger partial charge on any atom is -0.481 e. The van der Waals surface area contributed by atoms with Gasteiger partial charge in [-0.3, -0.25) is 24.4 Å². The van der Waals surface area contributed by atoms with Crippen LogP contribution in [0, 0.1) is 29.9 Å². The van der Waals surface area contributed by atoms with E-state index in [2.05, 4.69) is 5.10 Å². The second-order valence-electron chi connectivity index (χ2n) is 6.27. The molecule has 0 bridgehead atoms. The second kappa shape index (κ2) is 6.98. The zero-order valence-corrected chi connectivity index (χ0v) is 14.1. The van der Waals surface area contributed by atoms with E-state index in [4.69, 9.17) is 5.11 Å². The summed E-state index contributed by atoms with van der Waals surface area (Å²) >= 11 is 0. The molecule has 9 nitrogen and oxygen atoms in total. The van der Waals surface area contributed by atoms with Crippen LogP contribution in [0.2, 0.25) is 0 Å². The molecule has 132 valence electrons. The van der Waals surface area contributed by atoms with Crippen molar-refractivity contribution in [1.82, 2.24) is 14.7 Å². The maximum absolute atomic E-state index is 12.5. The Hall–Kier alpha value is -2.45. The fraction of sp³-hybridized carbons (Fsp3) is 0.667. The number of aromatic nitrogens is 2. The number of hydrogen-bond donors (Lipinski definition) is 1. The molecule has 1 aliphatic rings. The molecule has 1 aliphatic carbocycles. The van der Waals surface area contributed by atoms with E-state index in [1.807, 2.05) is 0 Å². The van der Waals surface area contributed by atoms with Crippen molar-refractivity contribution < 1.29 is 19.6 Å². The average Bonchev–Trinajstić information content (AvgIpc) is 3.28. The molecule has 1 amide bonds. The van der Waals surface area contributed by atoms with Gasteiger partial charge in [0.2, 0.25) is 5.91 Å². The summed E-state index contributed by atoms with van der Waals surface area (Å²) < 4.78 is 1.47. The molecule has 9 heteroatoms. The zero-order chi connectivity index (χ0) is 18.0. The molecule has 0 spiro atoms. The third-order valence-electron chi connectivity index (χ3n) is 4.26. The predicted molar refractivity (Wildman–Crippen MR) is 84.5 cm³/mol. The number of carbonyl (C=O) groups excluding carboxylic acids is 1. The fourth-order valence-electron chi connectivity index (χ4n) is 2.73. The van der Waals surface area contributed by atoms with Crippen molar-refractivity contribution in [3.05, 3.63) is 21.5 Å². The Bertz CT molecular complexity index is 665. The Kier molecular flexibility index (Phi) is 5.20. The van der Waals surface area contributed by atoms with Gasteiger partial charge >= 0.3 is 11.7 Å². The van der Waals surface area contributed by atoms with E-state index in [1.165, 1.54) is 4.68 Å². The summed E-state index contributed by atoms with van der Waals surface area (Å²) in [7, 11) is 0. The first kappa shape index (κ1) is 17.9. The molecule has 1 unspecified atom stereocenters. The predicted octanol–water partition coefficient (Wildman–Crippen LogP) is 1.51. The molecule has 0 aromatic carbocycles. The number of aryl methyl sites for hydroxylation is 2. The molecular weight excluding hydrogens is 316 g/mol. The van der Waals surface area contributed by atoms with Crippen LogP contribution in [0.5, 0.6) is 0 Å². The Balaban J connectivity index is 2.02. The average molecular weight is 338 g/mol. The molecule has 24 heavy (non-hydrogen) atoms. The van der Waals surface area contributed by atoms with Crippen LogP contribution in [0.1, 0.15) is 37.6 Å². The Morgan fingerprint density at radius 3 is 2.54 bits per heavy atom.